The van der Waals surface area contributed by atoms with Gasteiger partial charge in [-0.2, -0.15) is 0 Å². The zero-order valence-corrected chi connectivity index (χ0v) is 11.9. The van der Waals surface area contributed by atoms with Crippen molar-refractivity contribution >= 4 is 27.2 Å². The summed E-state index contributed by atoms with van der Waals surface area (Å²) in [6.07, 6.45) is 0. The Kier molecular flexibility index (Phi) is 3.40. The van der Waals surface area contributed by atoms with Crippen LogP contribution in [0.1, 0.15) is 0 Å². The molecule has 114 valence electrons. The van der Waals surface area contributed by atoms with Crippen LogP contribution in [0.3, 0.4) is 0 Å². The summed E-state index contributed by atoms with van der Waals surface area (Å²) in [5, 5.41) is 11.2. The number of anilines is 1. The van der Waals surface area contributed by atoms with Crippen LogP contribution in [0.2, 0.25) is 0 Å². The number of rotatable bonds is 2. The van der Waals surface area contributed by atoms with Gasteiger partial charge in [-0.25, -0.2) is 22.5 Å². The Hall–Kier alpha value is -2.35. The molecule has 0 saturated heterocycles. The first kappa shape index (κ1) is 14.6. The highest BCUT2D eigenvalue weighted by Crippen LogP contribution is 2.38. The predicted octanol–water partition coefficient (Wildman–Crippen LogP) is 4.27. The largest absolute Gasteiger partial charge is 0.508 e. The molecule has 0 spiro atoms. The maximum absolute atomic E-state index is 14.1. The van der Waals surface area contributed by atoms with E-state index in [0.717, 1.165) is 18.4 Å². The van der Waals surface area contributed by atoms with Gasteiger partial charge in [0.1, 0.15) is 16.4 Å². The molecule has 22 heavy (non-hydrogen) atoms. The molecular formula is C14H8F4N2OS. The lowest BCUT2D eigenvalue weighted by molar-refractivity contribution is 0.463. The highest BCUT2D eigenvalue weighted by atomic mass is 32.1. The summed E-state index contributed by atoms with van der Waals surface area (Å²) in [4.78, 5) is 3.96. The first-order chi connectivity index (χ1) is 10.4. The minimum Gasteiger partial charge on any atom is -0.508 e. The van der Waals surface area contributed by atoms with Gasteiger partial charge in [-0.05, 0) is 18.2 Å². The van der Waals surface area contributed by atoms with Crippen LogP contribution < -0.4 is 5.32 Å². The van der Waals surface area contributed by atoms with Crippen molar-refractivity contribution in [1.82, 2.24) is 4.98 Å². The van der Waals surface area contributed by atoms with Crippen molar-refractivity contribution in [2.24, 2.45) is 0 Å². The summed E-state index contributed by atoms with van der Waals surface area (Å²) in [6.45, 7) is 0. The molecule has 0 amide bonds. The highest BCUT2D eigenvalue weighted by molar-refractivity contribution is 7.21. The second kappa shape index (κ2) is 5.13. The number of aromatic hydroxyl groups is 1. The van der Waals surface area contributed by atoms with E-state index in [9.17, 15) is 22.7 Å². The monoisotopic (exact) mass is 328 g/mol. The Morgan fingerprint density at radius 2 is 1.68 bits per heavy atom. The first-order valence-corrected chi connectivity index (χ1v) is 6.89. The van der Waals surface area contributed by atoms with E-state index in [1.807, 2.05) is 0 Å². The lowest BCUT2D eigenvalue weighted by atomic mass is 10.1. The number of fused-ring (bicyclic) bond motifs is 1. The molecule has 0 aliphatic carbocycles. The zero-order valence-electron chi connectivity index (χ0n) is 11.0. The molecule has 0 atom stereocenters. The number of nitrogens with zero attached hydrogens (tertiary/aromatic N) is 1. The van der Waals surface area contributed by atoms with Gasteiger partial charge in [0.15, 0.2) is 23.3 Å². The number of phenolic OH excluding ortho intramolecular Hbond substituents is 1. The summed E-state index contributed by atoms with van der Waals surface area (Å²) in [7, 11) is 1.15. The normalized spacial score (nSPS) is 11.1. The van der Waals surface area contributed by atoms with Crippen LogP contribution in [0.5, 0.6) is 5.75 Å². The van der Waals surface area contributed by atoms with E-state index in [1.165, 1.54) is 18.2 Å². The average molecular weight is 328 g/mol. The van der Waals surface area contributed by atoms with E-state index < -0.39 is 34.5 Å². The van der Waals surface area contributed by atoms with Crippen molar-refractivity contribution in [2.75, 3.05) is 12.4 Å². The van der Waals surface area contributed by atoms with Crippen LogP contribution in [0.15, 0.2) is 18.2 Å². The quantitative estimate of drug-likeness (QED) is 0.545. The summed E-state index contributed by atoms with van der Waals surface area (Å²) < 4.78 is 56.2. The van der Waals surface area contributed by atoms with E-state index in [1.54, 1.807) is 0 Å². The number of thiazole rings is 1. The van der Waals surface area contributed by atoms with Crippen molar-refractivity contribution in [2.45, 2.75) is 0 Å². The topological polar surface area (TPSA) is 45.2 Å². The predicted molar refractivity (Wildman–Crippen MR) is 76.1 cm³/mol. The molecule has 0 bridgehead atoms. The smallest absolute Gasteiger partial charge is 0.185 e. The van der Waals surface area contributed by atoms with Gasteiger partial charge < -0.3 is 10.4 Å². The van der Waals surface area contributed by atoms with Crippen molar-refractivity contribution in [3.05, 3.63) is 41.5 Å². The molecule has 3 nitrogen and oxygen atoms in total. The highest BCUT2D eigenvalue weighted by Gasteiger charge is 2.27. The van der Waals surface area contributed by atoms with Gasteiger partial charge in [0, 0.05) is 7.05 Å². The number of benzene rings is 2. The van der Waals surface area contributed by atoms with Gasteiger partial charge in [-0.1, -0.05) is 0 Å². The Morgan fingerprint density at radius 3 is 2.27 bits per heavy atom. The Labute approximate surface area is 125 Å². The number of halogens is 4. The second-order valence-electron chi connectivity index (χ2n) is 4.43. The minimum absolute atomic E-state index is 0.0495. The van der Waals surface area contributed by atoms with Crippen LogP contribution >= 0.6 is 11.3 Å². The Bertz CT molecular complexity index is 865. The van der Waals surface area contributed by atoms with Crippen molar-refractivity contribution in [1.29, 1.82) is 0 Å². The van der Waals surface area contributed by atoms with Crippen LogP contribution in [0.4, 0.5) is 23.2 Å². The van der Waals surface area contributed by atoms with E-state index in [4.69, 9.17) is 0 Å². The molecule has 0 saturated carbocycles. The molecule has 1 heterocycles. The number of nitrogens with one attached hydrogen (secondary N) is 1. The third kappa shape index (κ3) is 2.07. The maximum atomic E-state index is 14.1. The summed E-state index contributed by atoms with van der Waals surface area (Å²) in [5.41, 5.74) is -1.39. The summed E-state index contributed by atoms with van der Waals surface area (Å²) in [5.74, 6) is -6.12. The Morgan fingerprint density at radius 1 is 1.05 bits per heavy atom. The SMILES string of the molecule is CNc1c(F)c(F)c(-c2nc3ccc(O)cc3s2)c(F)c1F. The van der Waals surface area contributed by atoms with Crippen LogP contribution in [0, 0.1) is 23.3 Å². The molecule has 0 aliphatic rings. The molecule has 3 aromatic rings. The van der Waals surface area contributed by atoms with Gasteiger partial charge in [-0.15, -0.1) is 11.3 Å². The first-order valence-electron chi connectivity index (χ1n) is 6.07. The third-order valence-corrected chi connectivity index (χ3v) is 4.13. The molecule has 1 aromatic heterocycles. The van der Waals surface area contributed by atoms with Crippen molar-refractivity contribution < 1.29 is 22.7 Å². The van der Waals surface area contributed by atoms with Crippen molar-refractivity contribution in [3.8, 4) is 16.3 Å². The van der Waals surface area contributed by atoms with Gasteiger partial charge in [0.2, 0.25) is 0 Å². The fraction of sp³-hybridized carbons (Fsp3) is 0.0714. The number of aromatic nitrogens is 1. The molecular weight excluding hydrogens is 320 g/mol. The average Bonchev–Trinajstić information content (AvgIpc) is 2.88. The lowest BCUT2D eigenvalue weighted by Crippen LogP contribution is -2.05. The van der Waals surface area contributed by atoms with Gasteiger partial charge >= 0.3 is 0 Å². The fourth-order valence-electron chi connectivity index (χ4n) is 2.06. The summed E-state index contributed by atoms with van der Waals surface area (Å²) >= 11 is 0.819. The molecule has 0 unspecified atom stereocenters. The van der Waals surface area contributed by atoms with Crippen LogP contribution in [-0.4, -0.2) is 17.1 Å². The lowest BCUT2D eigenvalue weighted by Gasteiger charge is -2.09. The standard InChI is InChI=1S/C14H8F4N2OS/c1-19-13-11(17)9(15)8(10(16)12(13)18)14-20-6-3-2-5(21)4-7(6)22-14/h2-4,19,21H,1H3. The number of hydrogen-bond acceptors (Lipinski definition) is 4. The van der Waals surface area contributed by atoms with E-state index >= 15 is 0 Å². The minimum atomic E-state index is -1.52. The second-order valence-corrected chi connectivity index (χ2v) is 5.46. The molecule has 2 N–H and O–H groups in total. The summed E-state index contributed by atoms with van der Waals surface area (Å²) in [6, 6.07) is 4.14. The van der Waals surface area contributed by atoms with E-state index in [0.29, 0.717) is 10.2 Å². The maximum Gasteiger partial charge on any atom is 0.185 e. The third-order valence-electron chi connectivity index (χ3n) is 3.10. The molecule has 0 fully saturated rings. The van der Waals surface area contributed by atoms with Crippen molar-refractivity contribution in [3.63, 3.8) is 0 Å². The van der Waals surface area contributed by atoms with E-state index in [-0.39, 0.29) is 10.8 Å². The van der Waals surface area contributed by atoms with Gasteiger partial charge in [-0.3, -0.25) is 0 Å². The van der Waals surface area contributed by atoms with Gasteiger partial charge in [0.25, 0.3) is 0 Å². The molecule has 0 radical (unpaired) electrons. The zero-order chi connectivity index (χ0) is 16.0. The van der Waals surface area contributed by atoms with Gasteiger partial charge in [0.05, 0.1) is 15.8 Å². The molecule has 3 rings (SSSR count). The van der Waals surface area contributed by atoms with Crippen LogP contribution in [0.25, 0.3) is 20.8 Å². The number of phenols is 1. The van der Waals surface area contributed by atoms with Crippen LogP contribution in [-0.2, 0) is 0 Å². The number of hydrogen-bond donors (Lipinski definition) is 2. The Balaban J connectivity index is 2.30. The van der Waals surface area contributed by atoms with E-state index in [2.05, 4.69) is 10.3 Å². The molecule has 8 heteroatoms. The fourth-order valence-corrected chi connectivity index (χ4v) is 3.09. The molecule has 0 aliphatic heterocycles. The molecule has 2 aromatic carbocycles.